The third kappa shape index (κ3) is 3.71. The summed E-state index contributed by atoms with van der Waals surface area (Å²) in [6, 6.07) is 12.5. The van der Waals surface area contributed by atoms with E-state index >= 15 is 0 Å². The van der Waals surface area contributed by atoms with Crippen LogP contribution < -0.4 is 0 Å². The van der Waals surface area contributed by atoms with Crippen LogP contribution in [0.5, 0.6) is 0 Å². The Morgan fingerprint density at radius 1 is 1.21 bits per heavy atom. The Hall–Kier alpha value is -3.73. The lowest BCUT2D eigenvalue weighted by Gasteiger charge is -2.32. The van der Waals surface area contributed by atoms with Crippen LogP contribution in [0, 0.1) is 23.1 Å². The molecule has 0 bridgehead atoms. The number of hydrogen-bond donors (Lipinski definition) is 1. The number of amides is 2. The first-order valence-electron chi connectivity index (χ1n) is 11.6. The number of fused-ring (bicyclic) bond motifs is 1. The number of imidazole rings is 1. The van der Waals surface area contributed by atoms with E-state index in [0.29, 0.717) is 22.2 Å². The normalized spacial score (nSPS) is 22.1. The van der Waals surface area contributed by atoms with Gasteiger partial charge in [-0.25, -0.2) is 19.1 Å². The van der Waals surface area contributed by atoms with Crippen molar-refractivity contribution in [2.45, 2.75) is 57.1 Å². The fourth-order valence-corrected chi connectivity index (χ4v) is 5.20. The first-order chi connectivity index (χ1) is 16.4. The molecule has 0 radical (unpaired) electrons. The van der Waals surface area contributed by atoms with E-state index in [-0.39, 0.29) is 24.2 Å². The quantitative estimate of drug-likeness (QED) is 0.580. The van der Waals surface area contributed by atoms with Gasteiger partial charge >= 0.3 is 6.09 Å². The molecule has 0 unspecified atom stereocenters. The van der Waals surface area contributed by atoms with Gasteiger partial charge in [0.05, 0.1) is 22.7 Å². The van der Waals surface area contributed by atoms with Crippen molar-refractivity contribution in [2.24, 2.45) is 5.92 Å². The van der Waals surface area contributed by atoms with Crippen LogP contribution in [0.4, 0.5) is 9.18 Å². The van der Waals surface area contributed by atoms with Gasteiger partial charge in [0.25, 0.3) is 11.5 Å². The van der Waals surface area contributed by atoms with Gasteiger partial charge in [0, 0.05) is 12.5 Å². The second-order valence-corrected chi connectivity index (χ2v) is 9.24. The predicted octanol–water partition coefficient (Wildman–Crippen LogP) is 4.96. The Balaban J connectivity index is 1.58. The number of ether oxygens (including phenoxy) is 1. The maximum Gasteiger partial charge on any atom is 0.418 e. The Morgan fingerprint density at radius 3 is 2.65 bits per heavy atom. The summed E-state index contributed by atoms with van der Waals surface area (Å²) in [5.41, 5.74) is 0.486. The molecule has 1 aromatic heterocycles. The third-order valence-corrected chi connectivity index (χ3v) is 7.12. The molecule has 1 aliphatic heterocycles. The van der Waals surface area contributed by atoms with Crippen LogP contribution >= 0.6 is 0 Å². The minimum absolute atomic E-state index is 0.0106. The van der Waals surface area contributed by atoms with Crippen molar-refractivity contribution in [3.63, 3.8) is 0 Å². The lowest BCUT2D eigenvalue weighted by molar-refractivity contribution is -0.140. The smallest absolute Gasteiger partial charge is 0.418 e. The molecule has 1 saturated heterocycles. The molecule has 7 nitrogen and oxygen atoms in total. The van der Waals surface area contributed by atoms with E-state index in [1.165, 1.54) is 23.5 Å². The number of imide groups is 1. The zero-order chi connectivity index (χ0) is 23.9. The van der Waals surface area contributed by atoms with Gasteiger partial charge in [-0.3, -0.25) is 4.79 Å². The molecule has 1 saturated carbocycles. The number of nitrogens with one attached hydrogen (secondary N) is 1. The number of benzene rings is 2. The van der Waals surface area contributed by atoms with Crippen LogP contribution in [0.15, 0.2) is 42.5 Å². The zero-order valence-corrected chi connectivity index (χ0v) is 18.9. The van der Waals surface area contributed by atoms with E-state index in [4.69, 9.17) is 4.74 Å². The largest absolute Gasteiger partial charge is 0.424 e. The Bertz CT molecular complexity index is 1290. The fourth-order valence-electron chi connectivity index (χ4n) is 5.20. The van der Waals surface area contributed by atoms with Crippen LogP contribution in [0.3, 0.4) is 0 Å². The molecular weight excluding hydrogens is 435 g/mol. The average molecular weight is 461 g/mol. The van der Waals surface area contributed by atoms with Gasteiger partial charge in [0.1, 0.15) is 5.82 Å². The van der Waals surface area contributed by atoms with Crippen molar-refractivity contribution in [2.75, 3.05) is 0 Å². The summed E-state index contributed by atoms with van der Waals surface area (Å²) in [7, 11) is 0. The van der Waals surface area contributed by atoms with Gasteiger partial charge in [-0.05, 0) is 61.6 Å². The molecule has 2 aliphatic rings. The molecular formula is C26H25FN4O3. The summed E-state index contributed by atoms with van der Waals surface area (Å²) in [4.78, 5) is 36.1. The number of halogens is 1. The molecule has 2 fully saturated rings. The molecule has 2 heterocycles. The molecule has 5 rings (SSSR count). The molecule has 1 aliphatic carbocycles. The van der Waals surface area contributed by atoms with E-state index in [1.807, 2.05) is 6.92 Å². The molecule has 174 valence electrons. The number of cyclic esters (lactones) is 1. The highest BCUT2D eigenvalue weighted by molar-refractivity contribution is 6.04. The van der Waals surface area contributed by atoms with Crippen LogP contribution in [0.25, 0.3) is 11.0 Å². The highest BCUT2D eigenvalue weighted by atomic mass is 19.1. The molecule has 3 aromatic rings. The van der Waals surface area contributed by atoms with Crippen LogP contribution in [0.1, 0.15) is 56.0 Å². The van der Waals surface area contributed by atoms with Crippen molar-refractivity contribution < 1.29 is 18.7 Å². The SMILES string of the molecule is C[C@H](C1CCCCC1)N1C(=O)O[C@](Cc2ccc(F)cc2)(c2nc3ccc(C#N)cc3[nH]2)C1=O. The van der Waals surface area contributed by atoms with E-state index in [9.17, 15) is 19.2 Å². The minimum Gasteiger partial charge on any atom is -0.424 e. The molecule has 34 heavy (non-hydrogen) atoms. The maximum atomic E-state index is 14.0. The molecule has 2 aromatic carbocycles. The number of aromatic nitrogens is 2. The zero-order valence-electron chi connectivity index (χ0n) is 18.9. The average Bonchev–Trinajstić information content (AvgIpc) is 3.39. The number of hydrogen-bond acceptors (Lipinski definition) is 5. The fraction of sp³-hybridized carbons (Fsp3) is 0.385. The van der Waals surface area contributed by atoms with Crippen LogP contribution in [-0.2, 0) is 21.6 Å². The van der Waals surface area contributed by atoms with Crippen LogP contribution in [0.2, 0.25) is 0 Å². The van der Waals surface area contributed by atoms with Crippen molar-refractivity contribution >= 4 is 23.0 Å². The first kappa shape index (κ1) is 22.1. The van der Waals surface area contributed by atoms with E-state index < -0.39 is 23.4 Å². The van der Waals surface area contributed by atoms with Crippen molar-refractivity contribution in [3.05, 3.63) is 65.2 Å². The molecule has 0 spiro atoms. The van der Waals surface area contributed by atoms with Gasteiger partial charge in [0.2, 0.25) is 0 Å². The lowest BCUT2D eigenvalue weighted by atomic mass is 9.83. The maximum absolute atomic E-state index is 14.0. The van der Waals surface area contributed by atoms with Crippen molar-refractivity contribution in [1.29, 1.82) is 5.26 Å². The standard InChI is InChI=1S/C26H25FN4O3/c1-16(19-5-3-2-4-6-19)31-24(32)26(34-25(31)33,14-17-7-10-20(27)11-8-17)23-29-21-12-9-18(15-28)13-22(21)30-23/h7-13,16,19H,2-6,14H2,1H3,(H,29,30)/t16-,26-/m1/s1. The number of aromatic amines is 1. The number of H-pyrrole nitrogens is 1. The molecule has 8 heteroatoms. The van der Waals surface area contributed by atoms with Gasteiger partial charge in [-0.2, -0.15) is 5.26 Å². The topological polar surface area (TPSA) is 99.1 Å². The van der Waals surface area contributed by atoms with Crippen molar-refractivity contribution in [3.8, 4) is 6.07 Å². The van der Waals surface area contributed by atoms with Crippen LogP contribution in [-0.4, -0.2) is 32.9 Å². The molecule has 2 amide bonds. The summed E-state index contributed by atoms with van der Waals surface area (Å²) in [6.07, 6.45) is 4.57. The third-order valence-electron chi connectivity index (χ3n) is 7.12. The number of carbonyl (C=O) groups excluding carboxylic acids is 2. The number of nitrogens with zero attached hydrogens (tertiary/aromatic N) is 3. The second kappa shape index (κ2) is 8.56. The summed E-state index contributed by atoms with van der Waals surface area (Å²) in [5, 5.41) is 9.23. The lowest BCUT2D eigenvalue weighted by Crippen LogP contribution is -2.47. The number of carbonyl (C=O) groups is 2. The van der Waals surface area contributed by atoms with E-state index in [0.717, 1.165) is 25.7 Å². The van der Waals surface area contributed by atoms with Crippen molar-refractivity contribution in [1.82, 2.24) is 14.9 Å². The van der Waals surface area contributed by atoms with Gasteiger partial charge in [0.15, 0.2) is 5.82 Å². The second-order valence-electron chi connectivity index (χ2n) is 9.24. The minimum atomic E-state index is -1.70. The molecule has 1 N–H and O–H groups in total. The number of rotatable bonds is 5. The Morgan fingerprint density at radius 2 is 1.94 bits per heavy atom. The first-order valence-corrected chi connectivity index (χ1v) is 11.6. The van der Waals surface area contributed by atoms with Gasteiger partial charge < -0.3 is 9.72 Å². The summed E-state index contributed by atoms with van der Waals surface area (Å²) >= 11 is 0. The summed E-state index contributed by atoms with van der Waals surface area (Å²) in [6.45, 7) is 1.90. The molecule has 2 atom stereocenters. The number of nitriles is 1. The highest BCUT2D eigenvalue weighted by Gasteiger charge is 2.59. The predicted molar refractivity (Wildman–Crippen MR) is 122 cm³/mol. The van der Waals surface area contributed by atoms with E-state index in [1.54, 1.807) is 30.3 Å². The Kier molecular flexibility index (Phi) is 5.56. The van der Waals surface area contributed by atoms with Gasteiger partial charge in [-0.15, -0.1) is 0 Å². The summed E-state index contributed by atoms with van der Waals surface area (Å²) < 4.78 is 19.4. The van der Waals surface area contributed by atoms with E-state index in [2.05, 4.69) is 16.0 Å². The Labute approximate surface area is 196 Å². The van der Waals surface area contributed by atoms with Gasteiger partial charge in [-0.1, -0.05) is 31.4 Å². The monoisotopic (exact) mass is 460 g/mol. The summed E-state index contributed by atoms with van der Waals surface area (Å²) in [5.74, 6) is -0.452. The highest BCUT2D eigenvalue weighted by Crippen LogP contribution is 2.41.